The van der Waals surface area contributed by atoms with Crippen molar-refractivity contribution in [2.24, 2.45) is 0 Å². The van der Waals surface area contributed by atoms with Gasteiger partial charge in [-0.05, 0) is 49.8 Å². The molecule has 1 aromatic carbocycles. The lowest BCUT2D eigenvalue weighted by atomic mass is 9.97. The third-order valence-corrected chi connectivity index (χ3v) is 3.34. The van der Waals surface area contributed by atoms with Crippen LogP contribution in [0.5, 0.6) is 0 Å². The van der Waals surface area contributed by atoms with Crippen molar-refractivity contribution in [2.45, 2.75) is 32.1 Å². The largest absolute Gasteiger partial charge is 0.463 e. The first-order chi connectivity index (χ1) is 8.69. The van der Waals surface area contributed by atoms with Gasteiger partial charge in [0.25, 0.3) is 0 Å². The van der Waals surface area contributed by atoms with Crippen LogP contribution in [0.4, 0.5) is 5.69 Å². The average molecular weight is 245 g/mol. The highest BCUT2D eigenvalue weighted by atomic mass is 16.5. The van der Waals surface area contributed by atoms with Gasteiger partial charge in [-0.2, -0.15) is 0 Å². The molecule has 1 aliphatic rings. The van der Waals surface area contributed by atoms with Crippen LogP contribution in [0.3, 0.4) is 0 Å². The van der Waals surface area contributed by atoms with Crippen molar-refractivity contribution >= 4 is 11.7 Å². The fraction of sp³-hybridized carbons (Fsp3) is 0.400. The van der Waals surface area contributed by atoms with Crippen LogP contribution >= 0.6 is 0 Å². The minimum Gasteiger partial charge on any atom is -0.463 e. The number of ether oxygens (including phenoxy) is 1. The van der Waals surface area contributed by atoms with Gasteiger partial charge in [0.15, 0.2) is 0 Å². The summed E-state index contributed by atoms with van der Waals surface area (Å²) in [5.74, 6) is 0.289. The van der Waals surface area contributed by atoms with Crippen LogP contribution < -0.4 is 5.73 Å². The number of carbonyl (C=O) groups excluding carboxylic acids is 1. The van der Waals surface area contributed by atoms with Crippen molar-refractivity contribution in [3.8, 4) is 0 Å². The third-order valence-electron chi connectivity index (χ3n) is 3.34. The van der Waals surface area contributed by atoms with E-state index in [4.69, 9.17) is 10.5 Å². The number of carbonyl (C=O) groups is 1. The lowest BCUT2D eigenvalue weighted by Gasteiger charge is -2.08. The van der Waals surface area contributed by atoms with Gasteiger partial charge in [0.05, 0.1) is 6.61 Å². The van der Waals surface area contributed by atoms with E-state index in [0.717, 1.165) is 24.9 Å². The average Bonchev–Trinajstić information content (AvgIpc) is 2.78. The van der Waals surface area contributed by atoms with Crippen LogP contribution in [0, 0.1) is 0 Å². The van der Waals surface area contributed by atoms with Crippen molar-refractivity contribution in [2.75, 3.05) is 12.3 Å². The summed E-state index contributed by atoms with van der Waals surface area (Å²) in [5.41, 5.74) is 8.96. The minimum atomic E-state index is -0.217. The number of anilines is 1. The summed E-state index contributed by atoms with van der Waals surface area (Å²) in [7, 11) is 0. The molecule has 0 aliphatic heterocycles. The fourth-order valence-corrected chi connectivity index (χ4v) is 2.41. The highest BCUT2D eigenvalue weighted by molar-refractivity contribution is 5.82. The van der Waals surface area contributed by atoms with E-state index in [9.17, 15) is 4.79 Å². The maximum Gasteiger partial charge on any atom is 0.330 e. The quantitative estimate of drug-likeness (QED) is 0.506. The SMILES string of the molecule is CCOC(=O)/C=C1\CC[C@H](c2ccc(N)cc2)C1. The fourth-order valence-electron chi connectivity index (χ4n) is 2.41. The third kappa shape index (κ3) is 3.13. The lowest BCUT2D eigenvalue weighted by molar-refractivity contribution is -0.137. The van der Waals surface area contributed by atoms with Crippen molar-refractivity contribution in [1.29, 1.82) is 0 Å². The molecule has 1 atom stereocenters. The molecule has 0 bridgehead atoms. The van der Waals surface area contributed by atoms with Crippen LogP contribution in [0.1, 0.15) is 37.7 Å². The molecule has 2 rings (SSSR count). The Morgan fingerprint density at radius 3 is 2.83 bits per heavy atom. The Labute approximate surface area is 108 Å². The molecule has 0 heterocycles. The molecule has 1 aliphatic carbocycles. The summed E-state index contributed by atoms with van der Waals surface area (Å²) >= 11 is 0. The van der Waals surface area contributed by atoms with Crippen molar-refractivity contribution < 1.29 is 9.53 Å². The number of rotatable bonds is 3. The van der Waals surface area contributed by atoms with Gasteiger partial charge in [-0.15, -0.1) is 0 Å². The van der Waals surface area contributed by atoms with Gasteiger partial charge in [-0.1, -0.05) is 17.7 Å². The number of benzene rings is 1. The molecule has 0 unspecified atom stereocenters. The maximum absolute atomic E-state index is 11.4. The van der Waals surface area contributed by atoms with E-state index in [-0.39, 0.29) is 5.97 Å². The van der Waals surface area contributed by atoms with E-state index in [2.05, 4.69) is 12.1 Å². The zero-order valence-electron chi connectivity index (χ0n) is 10.7. The number of esters is 1. The normalized spacial score (nSPS) is 21.2. The molecule has 1 saturated carbocycles. The van der Waals surface area contributed by atoms with Gasteiger partial charge in [0, 0.05) is 11.8 Å². The number of nitrogen functional groups attached to an aromatic ring is 1. The molecule has 3 nitrogen and oxygen atoms in total. The smallest absolute Gasteiger partial charge is 0.330 e. The van der Waals surface area contributed by atoms with Crippen LogP contribution in [0.2, 0.25) is 0 Å². The molecule has 0 aromatic heterocycles. The summed E-state index contributed by atoms with van der Waals surface area (Å²) in [4.78, 5) is 11.4. The zero-order chi connectivity index (χ0) is 13.0. The molecular weight excluding hydrogens is 226 g/mol. The Hall–Kier alpha value is -1.77. The Morgan fingerprint density at radius 2 is 2.17 bits per heavy atom. The summed E-state index contributed by atoms with van der Waals surface area (Å²) in [6.45, 7) is 2.26. The number of allylic oxidation sites excluding steroid dienone is 1. The topological polar surface area (TPSA) is 52.3 Å². The zero-order valence-corrected chi connectivity index (χ0v) is 10.7. The summed E-state index contributed by atoms with van der Waals surface area (Å²) in [6.07, 6.45) is 4.67. The predicted molar refractivity (Wildman–Crippen MR) is 72.2 cm³/mol. The van der Waals surface area contributed by atoms with E-state index in [1.165, 1.54) is 11.1 Å². The first-order valence-corrected chi connectivity index (χ1v) is 6.40. The Morgan fingerprint density at radius 1 is 1.44 bits per heavy atom. The Balaban J connectivity index is 2.00. The summed E-state index contributed by atoms with van der Waals surface area (Å²) in [6, 6.07) is 8.02. The van der Waals surface area contributed by atoms with Gasteiger partial charge in [-0.25, -0.2) is 4.79 Å². The first-order valence-electron chi connectivity index (χ1n) is 6.40. The van der Waals surface area contributed by atoms with E-state index in [1.807, 2.05) is 19.1 Å². The highest BCUT2D eigenvalue weighted by Crippen LogP contribution is 2.37. The highest BCUT2D eigenvalue weighted by Gasteiger charge is 2.21. The van der Waals surface area contributed by atoms with E-state index >= 15 is 0 Å². The predicted octanol–water partition coefficient (Wildman–Crippen LogP) is 3.03. The van der Waals surface area contributed by atoms with Crippen LogP contribution in [-0.4, -0.2) is 12.6 Å². The second-order valence-corrected chi connectivity index (χ2v) is 4.66. The molecule has 0 spiro atoms. The van der Waals surface area contributed by atoms with Gasteiger partial charge < -0.3 is 10.5 Å². The first kappa shape index (κ1) is 12.7. The van der Waals surface area contributed by atoms with Crippen molar-refractivity contribution in [3.63, 3.8) is 0 Å². The monoisotopic (exact) mass is 245 g/mol. The number of hydrogen-bond donors (Lipinski definition) is 1. The second kappa shape index (κ2) is 5.71. The van der Waals surface area contributed by atoms with Gasteiger partial charge in [0.2, 0.25) is 0 Å². The van der Waals surface area contributed by atoms with E-state index in [0.29, 0.717) is 12.5 Å². The van der Waals surface area contributed by atoms with Gasteiger partial charge in [-0.3, -0.25) is 0 Å². The summed E-state index contributed by atoms with van der Waals surface area (Å²) in [5, 5.41) is 0. The number of nitrogens with two attached hydrogens (primary N) is 1. The molecule has 96 valence electrons. The standard InChI is InChI=1S/C15H19NO2/c1-2-18-15(17)10-11-3-4-13(9-11)12-5-7-14(16)8-6-12/h5-8,10,13H,2-4,9,16H2,1H3/b11-10+/t13-/m0/s1. The van der Waals surface area contributed by atoms with Crippen LogP contribution in [-0.2, 0) is 9.53 Å². The summed E-state index contributed by atoms with van der Waals surface area (Å²) < 4.78 is 4.93. The van der Waals surface area contributed by atoms with E-state index in [1.54, 1.807) is 6.08 Å². The molecule has 18 heavy (non-hydrogen) atoms. The number of hydrogen-bond acceptors (Lipinski definition) is 3. The molecule has 0 amide bonds. The van der Waals surface area contributed by atoms with Gasteiger partial charge >= 0.3 is 5.97 Å². The van der Waals surface area contributed by atoms with Crippen molar-refractivity contribution in [1.82, 2.24) is 0 Å². The minimum absolute atomic E-state index is 0.217. The second-order valence-electron chi connectivity index (χ2n) is 4.66. The lowest BCUT2D eigenvalue weighted by Crippen LogP contribution is -2.00. The Bertz CT molecular complexity index is 448. The molecule has 2 N–H and O–H groups in total. The molecule has 0 radical (unpaired) electrons. The van der Waals surface area contributed by atoms with Gasteiger partial charge in [0.1, 0.15) is 0 Å². The van der Waals surface area contributed by atoms with Crippen LogP contribution in [0.15, 0.2) is 35.9 Å². The molecular formula is C15H19NO2. The van der Waals surface area contributed by atoms with E-state index < -0.39 is 0 Å². The molecule has 1 aromatic rings. The molecule has 1 fully saturated rings. The molecule has 3 heteroatoms. The van der Waals surface area contributed by atoms with Crippen LogP contribution in [0.25, 0.3) is 0 Å². The maximum atomic E-state index is 11.4. The Kier molecular flexibility index (Phi) is 4.03. The molecule has 0 saturated heterocycles. The van der Waals surface area contributed by atoms with Crippen molar-refractivity contribution in [3.05, 3.63) is 41.5 Å².